The Hall–Kier alpha value is -3.86. The van der Waals surface area contributed by atoms with Crippen LogP contribution in [0.15, 0.2) is 54.7 Å². The van der Waals surface area contributed by atoms with Crippen LogP contribution in [-0.4, -0.2) is 63.1 Å². The monoisotopic (exact) mass is 514 g/mol. The van der Waals surface area contributed by atoms with Crippen molar-refractivity contribution in [1.82, 2.24) is 20.2 Å². The fourth-order valence-electron chi connectivity index (χ4n) is 4.36. The van der Waals surface area contributed by atoms with Gasteiger partial charge in [0, 0.05) is 34.6 Å². The lowest BCUT2D eigenvalue weighted by Gasteiger charge is -2.28. The molecule has 1 saturated heterocycles. The number of nitrogens with one attached hydrogen (secondary N) is 2. The number of amides is 1. The maximum Gasteiger partial charge on any atom is 0.255 e. The van der Waals surface area contributed by atoms with E-state index in [2.05, 4.69) is 26.5 Å². The van der Waals surface area contributed by atoms with Gasteiger partial charge in [-0.1, -0.05) is 24.3 Å². The number of H-pyrrole nitrogens is 1. The Bertz CT molecular complexity index is 1610. The van der Waals surface area contributed by atoms with Gasteiger partial charge in [0.05, 0.1) is 35.1 Å². The molecule has 3 N–H and O–H groups in total. The van der Waals surface area contributed by atoms with E-state index in [0.717, 1.165) is 56.0 Å². The first-order valence-corrected chi connectivity index (χ1v) is 12.9. The van der Waals surface area contributed by atoms with Crippen LogP contribution in [0.2, 0.25) is 0 Å². The average Bonchev–Trinajstić information content (AvgIpc) is 3.55. The number of fused-ring (bicyclic) bond motifs is 2. The second kappa shape index (κ2) is 9.22. The van der Waals surface area contributed by atoms with Crippen LogP contribution in [0.3, 0.4) is 0 Å². The fourth-order valence-corrected chi connectivity index (χ4v) is 5.47. The summed E-state index contributed by atoms with van der Waals surface area (Å²) in [5.74, 6) is 1.09. The van der Waals surface area contributed by atoms with E-state index in [1.807, 2.05) is 42.5 Å². The molecule has 37 heavy (non-hydrogen) atoms. The van der Waals surface area contributed by atoms with Crippen molar-refractivity contribution in [2.45, 2.75) is 19.4 Å². The van der Waals surface area contributed by atoms with Crippen LogP contribution in [0.25, 0.3) is 42.9 Å². The topological polar surface area (TPSA) is 116 Å². The molecule has 0 unspecified atom stereocenters. The third-order valence-corrected chi connectivity index (χ3v) is 7.52. The zero-order chi connectivity index (χ0) is 25.6. The Morgan fingerprint density at radius 1 is 1.14 bits per heavy atom. The largest absolute Gasteiger partial charge is 0.381 e. The first-order chi connectivity index (χ1) is 17.9. The van der Waals surface area contributed by atoms with E-state index in [0.29, 0.717) is 24.7 Å². The third-order valence-electron chi connectivity index (χ3n) is 6.35. The zero-order valence-electron chi connectivity index (χ0n) is 20.5. The highest BCUT2D eigenvalue weighted by Gasteiger charge is 2.24. The zero-order valence-corrected chi connectivity index (χ0v) is 21.3. The molecule has 0 spiro atoms. The lowest BCUT2D eigenvalue weighted by atomic mass is 10.1. The molecular formula is C27H26N6O3S. The van der Waals surface area contributed by atoms with Crippen LogP contribution >= 0.6 is 11.3 Å². The summed E-state index contributed by atoms with van der Waals surface area (Å²) in [5.41, 5.74) is 2.82. The predicted molar refractivity (Wildman–Crippen MR) is 146 cm³/mol. The number of carbonyl (C=O) groups excluding carboxylic acids is 1. The van der Waals surface area contributed by atoms with Crippen LogP contribution in [0, 0.1) is 0 Å². The van der Waals surface area contributed by atoms with Crippen molar-refractivity contribution in [2.24, 2.45) is 0 Å². The van der Waals surface area contributed by atoms with Crippen molar-refractivity contribution in [2.75, 3.05) is 36.5 Å². The summed E-state index contributed by atoms with van der Waals surface area (Å²) in [6, 6.07) is 15.7. The first kappa shape index (κ1) is 23.5. The van der Waals surface area contributed by atoms with Crippen molar-refractivity contribution < 1.29 is 14.6 Å². The lowest BCUT2D eigenvalue weighted by molar-refractivity contribution is -0.130. The van der Waals surface area contributed by atoms with Crippen molar-refractivity contribution >= 4 is 49.9 Å². The molecule has 9 nitrogen and oxygen atoms in total. The summed E-state index contributed by atoms with van der Waals surface area (Å²) in [5, 5.41) is 21.0. The molecule has 0 atom stereocenters. The summed E-state index contributed by atoms with van der Waals surface area (Å²) >= 11 is 1.62. The Morgan fingerprint density at radius 3 is 2.76 bits per heavy atom. The molecule has 0 bridgehead atoms. The molecule has 4 heterocycles. The maximum absolute atomic E-state index is 12.3. The maximum atomic E-state index is 12.3. The number of anilines is 2. The van der Waals surface area contributed by atoms with Gasteiger partial charge >= 0.3 is 0 Å². The molecule has 5 aromatic rings. The molecule has 1 aliphatic rings. The molecule has 10 heteroatoms. The van der Waals surface area contributed by atoms with Gasteiger partial charge in [0.15, 0.2) is 11.6 Å². The summed E-state index contributed by atoms with van der Waals surface area (Å²) in [4.78, 5) is 25.6. The first-order valence-electron chi connectivity index (χ1n) is 12.1. The second-order valence-corrected chi connectivity index (χ2v) is 10.6. The van der Waals surface area contributed by atoms with Crippen molar-refractivity contribution in [3.8, 4) is 21.8 Å². The number of hydrogen-bond donors (Lipinski definition) is 3. The van der Waals surface area contributed by atoms with E-state index in [9.17, 15) is 9.90 Å². The molecule has 0 aliphatic carbocycles. The van der Waals surface area contributed by atoms with Crippen molar-refractivity contribution in [1.29, 1.82) is 0 Å². The molecule has 1 aliphatic heterocycles. The number of thiophene rings is 1. The Balaban J connectivity index is 1.46. The van der Waals surface area contributed by atoms with Gasteiger partial charge < -0.3 is 20.1 Å². The van der Waals surface area contributed by atoms with Crippen LogP contribution < -0.4 is 10.2 Å². The van der Waals surface area contributed by atoms with Crippen molar-refractivity contribution in [3.05, 3.63) is 54.7 Å². The normalized spacial score (nSPS) is 14.4. The summed E-state index contributed by atoms with van der Waals surface area (Å²) < 4.78 is 6.60. The van der Waals surface area contributed by atoms with Gasteiger partial charge in [-0.2, -0.15) is 5.10 Å². The second-order valence-electron chi connectivity index (χ2n) is 9.53. The number of aliphatic hydroxyl groups is 1. The van der Waals surface area contributed by atoms with Gasteiger partial charge in [-0.15, -0.1) is 11.3 Å². The van der Waals surface area contributed by atoms with Gasteiger partial charge in [-0.05, 0) is 43.7 Å². The summed E-state index contributed by atoms with van der Waals surface area (Å²) in [6.07, 6.45) is 1.80. The van der Waals surface area contributed by atoms with Crippen molar-refractivity contribution in [3.63, 3.8) is 0 Å². The number of carbonyl (C=O) groups is 1. The molecule has 6 rings (SSSR count). The molecular weight excluding hydrogens is 488 g/mol. The minimum Gasteiger partial charge on any atom is -0.381 e. The number of ether oxygens (including phenoxy) is 1. The van der Waals surface area contributed by atoms with Crippen LogP contribution in [-0.2, 0) is 9.53 Å². The number of aromatic nitrogens is 4. The predicted octanol–water partition coefficient (Wildman–Crippen LogP) is 4.45. The van der Waals surface area contributed by atoms with Gasteiger partial charge in [0.25, 0.3) is 5.91 Å². The highest BCUT2D eigenvalue weighted by molar-refractivity contribution is 7.22. The van der Waals surface area contributed by atoms with E-state index in [-0.39, 0.29) is 0 Å². The third kappa shape index (κ3) is 4.55. The highest BCUT2D eigenvalue weighted by atomic mass is 32.1. The van der Waals surface area contributed by atoms with Crippen LogP contribution in [0.1, 0.15) is 13.8 Å². The molecule has 0 saturated carbocycles. The van der Waals surface area contributed by atoms with E-state index in [4.69, 9.17) is 14.7 Å². The quantitative estimate of drug-likeness (QED) is 0.317. The summed E-state index contributed by atoms with van der Waals surface area (Å²) in [6.45, 7) is 5.75. The molecule has 1 fully saturated rings. The summed E-state index contributed by atoms with van der Waals surface area (Å²) in [7, 11) is 0. The molecule has 3 aromatic heterocycles. The van der Waals surface area contributed by atoms with E-state index in [1.54, 1.807) is 17.5 Å². The average molecular weight is 515 g/mol. The van der Waals surface area contributed by atoms with Crippen LogP contribution in [0.5, 0.6) is 0 Å². The number of rotatable bonds is 5. The van der Waals surface area contributed by atoms with E-state index < -0.39 is 11.5 Å². The Kier molecular flexibility index (Phi) is 5.86. The minimum atomic E-state index is -1.47. The smallest absolute Gasteiger partial charge is 0.255 e. The van der Waals surface area contributed by atoms with E-state index in [1.165, 1.54) is 13.8 Å². The number of benzene rings is 2. The number of morpholine rings is 1. The SMILES string of the molecule is CC(C)(O)C(=O)Nc1cccc(-c2cc3nc(-c4cccc5[nH]ncc45)nc(N4CCOCC4)c3s2)c1. The highest BCUT2D eigenvalue weighted by Crippen LogP contribution is 2.40. The lowest BCUT2D eigenvalue weighted by Crippen LogP contribution is -2.36. The number of nitrogens with zero attached hydrogens (tertiary/aromatic N) is 4. The van der Waals surface area contributed by atoms with E-state index >= 15 is 0 Å². The number of aromatic amines is 1. The van der Waals surface area contributed by atoms with Gasteiger partial charge in [0.2, 0.25) is 0 Å². The minimum absolute atomic E-state index is 0.459. The molecule has 188 valence electrons. The van der Waals surface area contributed by atoms with Gasteiger partial charge in [-0.25, -0.2) is 9.97 Å². The molecule has 0 radical (unpaired) electrons. The Morgan fingerprint density at radius 2 is 1.95 bits per heavy atom. The molecule has 1 amide bonds. The Labute approximate surface area is 217 Å². The van der Waals surface area contributed by atoms with Gasteiger partial charge in [-0.3, -0.25) is 9.89 Å². The standard InChI is InChI=1S/C27H26N6O3S/c1-27(2,35)26(34)29-17-6-3-5-16(13-17)22-14-21-23(37-22)25(33-9-11-36-12-10-33)31-24(30-21)18-7-4-8-20-19(18)15-28-32-20/h3-8,13-15,35H,9-12H2,1-2H3,(H,28,32)(H,29,34). The molecule has 2 aromatic carbocycles. The van der Waals surface area contributed by atoms with Crippen LogP contribution in [0.4, 0.5) is 11.5 Å². The fraction of sp³-hybridized carbons (Fsp3) is 0.259. The van der Waals surface area contributed by atoms with Gasteiger partial charge in [0.1, 0.15) is 5.60 Å². The number of hydrogen-bond acceptors (Lipinski definition) is 8.